The molecule has 0 aromatic heterocycles. The average molecular weight is 169 g/mol. The second kappa shape index (κ2) is 6.83. The summed E-state index contributed by atoms with van der Waals surface area (Å²) >= 11 is 0. The average Bonchev–Trinajstić information content (AvgIpc) is 2.05. The summed E-state index contributed by atoms with van der Waals surface area (Å²) in [5.74, 6) is 0.321. The summed E-state index contributed by atoms with van der Waals surface area (Å²) in [4.78, 5) is 7.81. The second-order valence-corrected chi connectivity index (χ2v) is 2.88. The van der Waals surface area contributed by atoms with E-state index in [4.69, 9.17) is 5.73 Å². The predicted molar refractivity (Wildman–Crippen MR) is 54.8 cm³/mol. The monoisotopic (exact) mass is 169 g/mol. The number of nitrogens with two attached hydrogens (primary N) is 1. The van der Waals surface area contributed by atoms with Gasteiger partial charge in [0.05, 0.1) is 6.04 Å². The van der Waals surface area contributed by atoms with Crippen LogP contribution in [0.5, 0.6) is 0 Å². The molecule has 0 saturated heterocycles. The minimum atomic E-state index is 0.321. The highest BCUT2D eigenvalue weighted by molar-refractivity contribution is 5.82. The molecule has 12 heavy (non-hydrogen) atoms. The first-order chi connectivity index (χ1) is 5.74. The summed E-state index contributed by atoms with van der Waals surface area (Å²) < 4.78 is 0. The van der Waals surface area contributed by atoms with Crippen LogP contribution in [0.4, 0.5) is 0 Å². The lowest BCUT2D eigenvalue weighted by molar-refractivity contribution is 0.555. The van der Waals surface area contributed by atoms with Gasteiger partial charge in [-0.25, -0.2) is 9.98 Å². The standard InChI is InChI=1S/C9H19N3/c1-4-6-8(7-5-2)12-9(10)11-3/h8H,3-7H2,1-2H3,(H2,10,12). The molecule has 0 aromatic carbocycles. The van der Waals surface area contributed by atoms with Crippen LogP contribution in [0.25, 0.3) is 0 Å². The van der Waals surface area contributed by atoms with Gasteiger partial charge in [0.1, 0.15) is 0 Å². The molecule has 0 aliphatic rings. The van der Waals surface area contributed by atoms with Crippen molar-refractivity contribution in [1.29, 1.82) is 0 Å². The van der Waals surface area contributed by atoms with E-state index in [9.17, 15) is 0 Å². The van der Waals surface area contributed by atoms with E-state index in [2.05, 4.69) is 30.5 Å². The van der Waals surface area contributed by atoms with E-state index >= 15 is 0 Å². The highest BCUT2D eigenvalue weighted by Crippen LogP contribution is 2.08. The van der Waals surface area contributed by atoms with Crippen molar-refractivity contribution in [2.24, 2.45) is 15.7 Å². The largest absolute Gasteiger partial charge is 0.368 e. The van der Waals surface area contributed by atoms with Crippen molar-refractivity contribution >= 4 is 12.7 Å². The molecule has 0 unspecified atom stereocenters. The fourth-order valence-electron chi connectivity index (χ4n) is 1.17. The van der Waals surface area contributed by atoms with Crippen molar-refractivity contribution in [3.05, 3.63) is 0 Å². The first-order valence-corrected chi connectivity index (χ1v) is 4.54. The van der Waals surface area contributed by atoms with Gasteiger partial charge in [-0.05, 0) is 19.6 Å². The van der Waals surface area contributed by atoms with E-state index in [1.54, 1.807) is 0 Å². The molecule has 0 spiro atoms. The molecule has 0 amide bonds. The van der Waals surface area contributed by atoms with Crippen molar-refractivity contribution in [2.75, 3.05) is 0 Å². The van der Waals surface area contributed by atoms with E-state index in [1.165, 1.54) is 0 Å². The van der Waals surface area contributed by atoms with Crippen LogP contribution in [0.2, 0.25) is 0 Å². The summed E-state index contributed by atoms with van der Waals surface area (Å²) in [5.41, 5.74) is 5.46. The Morgan fingerprint density at radius 3 is 2.17 bits per heavy atom. The summed E-state index contributed by atoms with van der Waals surface area (Å²) in [7, 11) is 0. The first-order valence-electron chi connectivity index (χ1n) is 4.54. The lowest BCUT2D eigenvalue weighted by Crippen LogP contribution is -2.14. The van der Waals surface area contributed by atoms with Gasteiger partial charge in [-0.1, -0.05) is 26.7 Å². The van der Waals surface area contributed by atoms with E-state index in [0.717, 1.165) is 25.7 Å². The molecule has 2 N–H and O–H groups in total. The van der Waals surface area contributed by atoms with Crippen molar-refractivity contribution < 1.29 is 0 Å². The molecular weight excluding hydrogens is 150 g/mol. The van der Waals surface area contributed by atoms with Gasteiger partial charge >= 0.3 is 0 Å². The van der Waals surface area contributed by atoms with Gasteiger partial charge < -0.3 is 5.73 Å². The van der Waals surface area contributed by atoms with Crippen LogP contribution in [-0.2, 0) is 0 Å². The molecule has 3 nitrogen and oxygen atoms in total. The lowest BCUT2D eigenvalue weighted by atomic mass is 10.1. The molecule has 0 saturated carbocycles. The van der Waals surface area contributed by atoms with Crippen LogP contribution in [0, 0.1) is 0 Å². The van der Waals surface area contributed by atoms with Crippen LogP contribution < -0.4 is 5.73 Å². The zero-order chi connectivity index (χ0) is 9.40. The minimum absolute atomic E-state index is 0.321. The van der Waals surface area contributed by atoms with Crippen LogP contribution in [0.1, 0.15) is 39.5 Å². The maximum Gasteiger partial charge on any atom is 0.214 e. The Hall–Kier alpha value is -0.860. The van der Waals surface area contributed by atoms with Gasteiger partial charge in [-0.3, -0.25) is 0 Å². The maximum absolute atomic E-state index is 5.46. The van der Waals surface area contributed by atoms with E-state index in [0.29, 0.717) is 12.0 Å². The minimum Gasteiger partial charge on any atom is -0.368 e. The Balaban J connectivity index is 4.00. The van der Waals surface area contributed by atoms with E-state index < -0.39 is 0 Å². The smallest absolute Gasteiger partial charge is 0.214 e. The fraction of sp³-hybridized carbons (Fsp3) is 0.778. The summed E-state index contributed by atoms with van der Waals surface area (Å²) in [6, 6.07) is 0.338. The highest BCUT2D eigenvalue weighted by Gasteiger charge is 2.03. The Morgan fingerprint density at radius 1 is 1.33 bits per heavy atom. The van der Waals surface area contributed by atoms with Crippen LogP contribution >= 0.6 is 0 Å². The highest BCUT2D eigenvalue weighted by atomic mass is 15.0. The molecule has 0 rings (SSSR count). The molecular formula is C9H19N3. The quantitative estimate of drug-likeness (QED) is 0.496. The molecule has 0 aliphatic carbocycles. The van der Waals surface area contributed by atoms with Crippen LogP contribution in [0.15, 0.2) is 9.98 Å². The third-order valence-corrected chi connectivity index (χ3v) is 1.72. The number of nitrogens with zero attached hydrogens (tertiary/aromatic N) is 2. The topological polar surface area (TPSA) is 50.7 Å². The third-order valence-electron chi connectivity index (χ3n) is 1.72. The van der Waals surface area contributed by atoms with Crippen LogP contribution in [0.3, 0.4) is 0 Å². The summed E-state index contributed by atoms with van der Waals surface area (Å²) in [6.45, 7) is 7.63. The number of rotatable bonds is 5. The fourth-order valence-corrected chi connectivity index (χ4v) is 1.17. The maximum atomic E-state index is 5.46. The third kappa shape index (κ3) is 4.88. The normalized spacial score (nSPS) is 12.1. The second-order valence-electron chi connectivity index (χ2n) is 2.88. The number of aliphatic imine (C=N–C) groups is 2. The van der Waals surface area contributed by atoms with Gasteiger partial charge in [0.2, 0.25) is 5.96 Å². The zero-order valence-electron chi connectivity index (χ0n) is 8.08. The Bertz CT molecular complexity index is 146. The zero-order valence-corrected chi connectivity index (χ0v) is 8.08. The van der Waals surface area contributed by atoms with Gasteiger partial charge in [-0.2, -0.15) is 0 Å². The molecule has 3 heteroatoms. The number of hydrogen-bond acceptors (Lipinski definition) is 1. The SMILES string of the molecule is C=NC(N)=NC(CCC)CCC. The van der Waals surface area contributed by atoms with E-state index in [1.807, 2.05) is 0 Å². The van der Waals surface area contributed by atoms with Gasteiger partial charge in [-0.15, -0.1) is 0 Å². The van der Waals surface area contributed by atoms with Gasteiger partial charge in [0.15, 0.2) is 0 Å². The molecule has 0 radical (unpaired) electrons. The van der Waals surface area contributed by atoms with Crippen molar-refractivity contribution in [2.45, 2.75) is 45.6 Å². The van der Waals surface area contributed by atoms with E-state index in [-0.39, 0.29) is 0 Å². The first kappa shape index (κ1) is 11.1. The van der Waals surface area contributed by atoms with Crippen LogP contribution in [-0.4, -0.2) is 18.7 Å². The molecule has 0 aliphatic heterocycles. The Morgan fingerprint density at radius 2 is 1.83 bits per heavy atom. The number of guanidine groups is 1. The molecule has 0 aromatic rings. The van der Waals surface area contributed by atoms with Gasteiger partial charge in [0, 0.05) is 0 Å². The summed E-state index contributed by atoms with van der Waals surface area (Å²) in [6.07, 6.45) is 4.45. The Labute approximate surface area is 74.8 Å². The van der Waals surface area contributed by atoms with Gasteiger partial charge in [0.25, 0.3) is 0 Å². The van der Waals surface area contributed by atoms with Crippen molar-refractivity contribution in [3.63, 3.8) is 0 Å². The molecule has 0 atom stereocenters. The molecule has 0 heterocycles. The molecule has 0 bridgehead atoms. The predicted octanol–water partition coefficient (Wildman–Crippen LogP) is 1.97. The Kier molecular flexibility index (Phi) is 6.34. The van der Waals surface area contributed by atoms with Crippen molar-refractivity contribution in [3.8, 4) is 0 Å². The lowest BCUT2D eigenvalue weighted by Gasteiger charge is -2.09. The number of hydrogen-bond donors (Lipinski definition) is 1. The summed E-state index contributed by atoms with van der Waals surface area (Å²) in [5, 5.41) is 0. The molecule has 70 valence electrons. The molecule has 0 fully saturated rings. The van der Waals surface area contributed by atoms with Crippen molar-refractivity contribution in [1.82, 2.24) is 0 Å².